The number of fused-ring (bicyclic) bond motifs is 2. The third-order valence-corrected chi connectivity index (χ3v) is 6.26. The smallest absolute Gasteiger partial charge is 0.410 e. The number of nitriles is 1. The molecule has 2 aromatic carbocycles. The summed E-state index contributed by atoms with van der Waals surface area (Å²) in [6.07, 6.45) is 0.457. The Bertz CT molecular complexity index is 1160. The summed E-state index contributed by atoms with van der Waals surface area (Å²) < 4.78 is 5.08. The van der Waals surface area contributed by atoms with Gasteiger partial charge in [-0.2, -0.15) is 5.26 Å². The zero-order valence-electron chi connectivity index (χ0n) is 16.6. The first kappa shape index (κ1) is 19.9. The number of rotatable bonds is 4. The number of nitrogens with one attached hydrogen (secondary N) is 1. The first-order valence-corrected chi connectivity index (χ1v) is 10.6. The number of carbonyl (C=O) groups is 2. The van der Waals surface area contributed by atoms with Crippen molar-refractivity contribution in [1.82, 2.24) is 4.90 Å². The Kier molecular flexibility index (Phi) is 5.68. The second-order valence-electron chi connectivity index (χ2n) is 7.10. The maximum atomic E-state index is 12.7. The number of ether oxygens (including phenoxy) is 1. The fourth-order valence-electron chi connectivity index (χ4n) is 3.69. The maximum absolute atomic E-state index is 12.7. The lowest BCUT2D eigenvalue weighted by Gasteiger charge is -2.25. The molecule has 1 aliphatic heterocycles. The van der Waals surface area contributed by atoms with Gasteiger partial charge in [-0.15, -0.1) is 11.3 Å². The van der Waals surface area contributed by atoms with Crippen LogP contribution in [0.5, 0.6) is 0 Å². The van der Waals surface area contributed by atoms with E-state index in [1.165, 1.54) is 11.3 Å². The molecule has 0 radical (unpaired) electrons. The van der Waals surface area contributed by atoms with Crippen molar-refractivity contribution in [2.45, 2.75) is 26.3 Å². The normalized spacial score (nSPS) is 12.9. The van der Waals surface area contributed by atoms with Gasteiger partial charge >= 0.3 is 6.09 Å². The van der Waals surface area contributed by atoms with Crippen LogP contribution in [0.2, 0.25) is 0 Å². The molecule has 1 N–H and O–H groups in total. The quantitative estimate of drug-likeness (QED) is 0.676. The van der Waals surface area contributed by atoms with Crippen LogP contribution in [-0.4, -0.2) is 30.1 Å². The Morgan fingerprint density at radius 1 is 1.23 bits per heavy atom. The van der Waals surface area contributed by atoms with Crippen LogP contribution >= 0.6 is 11.3 Å². The minimum atomic E-state index is -0.350. The topological polar surface area (TPSA) is 82.4 Å². The van der Waals surface area contributed by atoms with Gasteiger partial charge in [0.05, 0.1) is 25.1 Å². The number of thiophene rings is 1. The highest BCUT2D eigenvalue weighted by atomic mass is 32.1. The molecule has 1 aromatic heterocycles. The molecule has 0 unspecified atom stereocenters. The van der Waals surface area contributed by atoms with Crippen LogP contribution in [0.3, 0.4) is 0 Å². The number of benzene rings is 2. The maximum Gasteiger partial charge on any atom is 0.410 e. The molecule has 2 amide bonds. The SMILES string of the molecule is CCOC(=O)N1CCc2c(sc(NC(=O)Cc3ccc4ccccc4c3)c2C#N)C1. The molecule has 0 spiro atoms. The Morgan fingerprint density at radius 2 is 2.03 bits per heavy atom. The van der Waals surface area contributed by atoms with E-state index in [4.69, 9.17) is 4.74 Å². The molecule has 152 valence electrons. The molecule has 0 atom stereocenters. The molecule has 3 aromatic rings. The predicted molar refractivity (Wildman–Crippen MR) is 116 cm³/mol. The summed E-state index contributed by atoms with van der Waals surface area (Å²) in [4.78, 5) is 27.2. The van der Waals surface area contributed by atoms with E-state index < -0.39 is 0 Å². The van der Waals surface area contributed by atoms with E-state index in [0.29, 0.717) is 36.7 Å². The van der Waals surface area contributed by atoms with Crippen molar-refractivity contribution in [3.05, 3.63) is 64.0 Å². The van der Waals surface area contributed by atoms with Gasteiger partial charge in [-0.1, -0.05) is 42.5 Å². The lowest BCUT2D eigenvalue weighted by Crippen LogP contribution is -2.35. The third-order valence-electron chi connectivity index (χ3n) is 5.13. The molecule has 0 bridgehead atoms. The summed E-state index contributed by atoms with van der Waals surface area (Å²) in [6.45, 7) is 3.00. The zero-order valence-corrected chi connectivity index (χ0v) is 17.4. The monoisotopic (exact) mass is 419 g/mol. The average Bonchev–Trinajstić information content (AvgIpc) is 3.09. The highest BCUT2D eigenvalue weighted by Crippen LogP contribution is 2.37. The van der Waals surface area contributed by atoms with Crippen molar-refractivity contribution < 1.29 is 14.3 Å². The minimum Gasteiger partial charge on any atom is -0.450 e. The van der Waals surface area contributed by atoms with Gasteiger partial charge in [0.25, 0.3) is 0 Å². The molecule has 0 saturated carbocycles. The number of hydrogen-bond acceptors (Lipinski definition) is 5. The number of nitrogens with zero attached hydrogens (tertiary/aromatic N) is 2. The number of carbonyl (C=O) groups excluding carboxylic acids is 2. The summed E-state index contributed by atoms with van der Waals surface area (Å²) in [5.74, 6) is -0.164. The van der Waals surface area contributed by atoms with Gasteiger partial charge in [-0.05, 0) is 35.2 Å². The van der Waals surface area contributed by atoms with E-state index >= 15 is 0 Å². The Morgan fingerprint density at radius 3 is 2.80 bits per heavy atom. The fraction of sp³-hybridized carbons (Fsp3) is 0.261. The molecule has 2 heterocycles. The Balaban J connectivity index is 1.49. The van der Waals surface area contributed by atoms with Gasteiger partial charge < -0.3 is 15.0 Å². The first-order chi connectivity index (χ1) is 14.6. The molecule has 7 heteroatoms. The lowest BCUT2D eigenvalue weighted by atomic mass is 10.0. The number of hydrogen-bond donors (Lipinski definition) is 1. The van der Waals surface area contributed by atoms with Gasteiger partial charge in [-0.3, -0.25) is 4.79 Å². The standard InChI is InChI=1S/C23H21N3O3S/c1-2-29-23(28)26-10-9-18-19(13-24)22(30-20(18)14-26)25-21(27)12-15-7-8-16-5-3-4-6-17(16)11-15/h3-8,11H,2,9-10,12,14H2,1H3,(H,25,27). The van der Waals surface area contributed by atoms with E-state index in [0.717, 1.165) is 26.8 Å². The van der Waals surface area contributed by atoms with Crippen LogP contribution < -0.4 is 5.32 Å². The lowest BCUT2D eigenvalue weighted by molar-refractivity contribution is -0.115. The summed E-state index contributed by atoms with van der Waals surface area (Å²) in [6, 6.07) is 16.2. The van der Waals surface area contributed by atoms with Crippen molar-refractivity contribution in [1.29, 1.82) is 5.26 Å². The minimum absolute atomic E-state index is 0.164. The highest BCUT2D eigenvalue weighted by Gasteiger charge is 2.28. The van der Waals surface area contributed by atoms with Crippen molar-refractivity contribution in [2.24, 2.45) is 0 Å². The highest BCUT2D eigenvalue weighted by molar-refractivity contribution is 7.16. The van der Waals surface area contributed by atoms with E-state index in [-0.39, 0.29) is 18.4 Å². The Hall–Kier alpha value is -3.37. The molecular formula is C23H21N3O3S. The second-order valence-corrected chi connectivity index (χ2v) is 8.20. The third kappa shape index (κ3) is 4.00. The van der Waals surface area contributed by atoms with Crippen molar-refractivity contribution in [2.75, 3.05) is 18.5 Å². The van der Waals surface area contributed by atoms with E-state index in [2.05, 4.69) is 11.4 Å². The number of amides is 2. The van der Waals surface area contributed by atoms with Crippen LogP contribution in [0.15, 0.2) is 42.5 Å². The first-order valence-electron chi connectivity index (χ1n) is 9.83. The van der Waals surface area contributed by atoms with Crippen LogP contribution in [0, 0.1) is 11.3 Å². The van der Waals surface area contributed by atoms with Crippen LogP contribution in [0.1, 0.15) is 28.5 Å². The van der Waals surface area contributed by atoms with Crippen LogP contribution in [0.25, 0.3) is 10.8 Å². The molecule has 30 heavy (non-hydrogen) atoms. The molecule has 0 aliphatic carbocycles. The molecule has 0 saturated heterocycles. The molecule has 4 rings (SSSR count). The van der Waals surface area contributed by atoms with E-state index in [1.807, 2.05) is 42.5 Å². The summed E-state index contributed by atoms with van der Waals surface area (Å²) >= 11 is 1.36. The van der Waals surface area contributed by atoms with Crippen LogP contribution in [-0.2, 0) is 28.9 Å². The molecular weight excluding hydrogens is 398 g/mol. The fourth-order valence-corrected chi connectivity index (χ4v) is 4.92. The van der Waals surface area contributed by atoms with Crippen LogP contribution in [0.4, 0.5) is 9.80 Å². The van der Waals surface area contributed by atoms with Gasteiger partial charge in [0, 0.05) is 11.4 Å². The zero-order chi connectivity index (χ0) is 21.1. The predicted octanol–water partition coefficient (Wildman–Crippen LogP) is 4.47. The average molecular weight is 420 g/mol. The Labute approximate surface area is 178 Å². The van der Waals surface area contributed by atoms with Crippen molar-refractivity contribution in [3.8, 4) is 6.07 Å². The van der Waals surface area contributed by atoms with E-state index in [9.17, 15) is 14.9 Å². The van der Waals surface area contributed by atoms with Crippen molar-refractivity contribution in [3.63, 3.8) is 0 Å². The van der Waals surface area contributed by atoms with Gasteiger partial charge in [0.15, 0.2) is 0 Å². The van der Waals surface area contributed by atoms with E-state index in [1.54, 1.807) is 11.8 Å². The largest absolute Gasteiger partial charge is 0.450 e. The van der Waals surface area contributed by atoms with Gasteiger partial charge in [0.2, 0.25) is 5.91 Å². The molecule has 0 fully saturated rings. The number of anilines is 1. The second kappa shape index (κ2) is 8.56. The molecule has 6 nitrogen and oxygen atoms in total. The molecule has 1 aliphatic rings. The van der Waals surface area contributed by atoms with Crippen molar-refractivity contribution >= 4 is 39.1 Å². The summed E-state index contributed by atoms with van der Waals surface area (Å²) in [5.41, 5.74) is 2.34. The van der Waals surface area contributed by atoms with Gasteiger partial charge in [-0.25, -0.2) is 4.79 Å². The summed E-state index contributed by atoms with van der Waals surface area (Å²) in [5, 5.41) is 15.3. The summed E-state index contributed by atoms with van der Waals surface area (Å²) in [7, 11) is 0. The van der Waals surface area contributed by atoms with Gasteiger partial charge in [0.1, 0.15) is 11.1 Å².